The van der Waals surface area contributed by atoms with Gasteiger partial charge in [0.15, 0.2) is 17.4 Å². The van der Waals surface area contributed by atoms with Crippen LogP contribution < -0.4 is 10.1 Å². The minimum Gasteiger partial charge on any atom is -0.486 e. The molecule has 2 N–H and O–H groups in total. The van der Waals surface area contributed by atoms with Crippen molar-refractivity contribution in [3.63, 3.8) is 0 Å². The lowest BCUT2D eigenvalue weighted by Crippen LogP contribution is -2.13. The number of ether oxygens (including phenoxy) is 1. The number of nitrogens with zero attached hydrogens (tertiary/aromatic N) is 3. The predicted molar refractivity (Wildman–Crippen MR) is 96.6 cm³/mol. The third kappa shape index (κ3) is 4.74. The van der Waals surface area contributed by atoms with E-state index in [1.165, 1.54) is 24.4 Å². The molecule has 28 heavy (non-hydrogen) atoms. The number of aliphatic hydroxyl groups is 1. The summed E-state index contributed by atoms with van der Waals surface area (Å²) in [4.78, 5) is 12.7. The first-order valence-corrected chi connectivity index (χ1v) is 8.40. The van der Waals surface area contributed by atoms with Crippen LogP contribution in [0.15, 0.2) is 54.9 Å². The summed E-state index contributed by atoms with van der Waals surface area (Å²) in [6.07, 6.45) is -1.48. The van der Waals surface area contributed by atoms with E-state index in [4.69, 9.17) is 9.84 Å². The Morgan fingerprint density at radius 3 is 2.54 bits per heavy atom. The Kier molecular flexibility index (Phi) is 6.05. The van der Waals surface area contributed by atoms with Gasteiger partial charge in [0.05, 0.1) is 18.4 Å². The summed E-state index contributed by atoms with van der Waals surface area (Å²) in [5, 5.41) is 11.8. The number of hydrogen-bond donors (Lipinski definition) is 2. The summed E-state index contributed by atoms with van der Waals surface area (Å²) in [5.74, 6) is 0.725. The molecule has 0 spiro atoms. The molecule has 3 rings (SSSR count). The normalized spacial score (nSPS) is 11.3. The van der Waals surface area contributed by atoms with Crippen LogP contribution in [0.4, 0.5) is 19.0 Å². The number of halogens is 3. The van der Waals surface area contributed by atoms with E-state index in [2.05, 4.69) is 20.3 Å². The number of nitrogens with one attached hydrogen (secondary N) is 1. The number of aromatic nitrogens is 3. The molecule has 0 fully saturated rings. The molecule has 2 heterocycles. The van der Waals surface area contributed by atoms with Crippen molar-refractivity contribution in [2.24, 2.45) is 0 Å². The van der Waals surface area contributed by atoms with Gasteiger partial charge in [-0.1, -0.05) is 24.3 Å². The maximum absolute atomic E-state index is 13.2. The van der Waals surface area contributed by atoms with Crippen molar-refractivity contribution < 1.29 is 23.0 Å². The van der Waals surface area contributed by atoms with Crippen LogP contribution in [0, 0.1) is 0 Å². The first kappa shape index (κ1) is 19.6. The highest BCUT2D eigenvalue weighted by Gasteiger charge is 2.32. The first-order valence-electron chi connectivity index (χ1n) is 8.40. The second-order valence-electron chi connectivity index (χ2n) is 5.70. The Morgan fingerprint density at radius 1 is 1.04 bits per heavy atom. The van der Waals surface area contributed by atoms with Gasteiger partial charge in [0, 0.05) is 12.7 Å². The van der Waals surface area contributed by atoms with E-state index >= 15 is 0 Å². The molecule has 0 bridgehead atoms. The summed E-state index contributed by atoms with van der Waals surface area (Å²) in [6.45, 7) is -0.345. The topological polar surface area (TPSA) is 80.2 Å². The lowest BCUT2D eigenvalue weighted by Gasteiger charge is -2.15. The molecular formula is C19H17F3N4O2. The van der Waals surface area contributed by atoms with Gasteiger partial charge in [0.2, 0.25) is 0 Å². The number of rotatable bonds is 7. The number of anilines is 1. The van der Waals surface area contributed by atoms with Crippen LogP contribution in [0.3, 0.4) is 0 Å². The summed E-state index contributed by atoms with van der Waals surface area (Å²) in [6, 6.07) is 10.5. The molecule has 0 unspecified atom stereocenters. The van der Waals surface area contributed by atoms with Gasteiger partial charge in [0.1, 0.15) is 12.3 Å². The zero-order chi connectivity index (χ0) is 20.0. The molecule has 0 saturated carbocycles. The number of alkyl halides is 3. The van der Waals surface area contributed by atoms with Gasteiger partial charge in [-0.2, -0.15) is 13.2 Å². The highest BCUT2D eigenvalue weighted by molar-refractivity contribution is 5.57. The Hall–Kier alpha value is -3.20. The SMILES string of the molecule is OCCOc1cnc(-c2ccccn2)nc1NCc1ccccc1C(F)(F)F. The van der Waals surface area contributed by atoms with Gasteiger partial charge in [0.25, 0.3) is 0 Å². The van der Waals surface area contributed by atoms with Crippen molar-refractivity contribution in [1.29, 1.82) is 0 Å². The second-order valence-corrected chi connectivity index (χ2v) is 5.70. The molecular weight excluding hydrogens is 373 g/mol. The van der Waals surface area contributed by atoms with Crippen LogP contribution >= 0.6 is 0 Å². The van der Waals surface area contributed by atoms with Crippen LogP contribution in [0.1, 0.15) is 11.1 Å². The van der Waals surface area contributed by atoms with Crippen LogP contribution in [-0.4, -0.2) is 33.3 Å². The van der Waals surface area contributed by atoms with Gasteiger partial charge in [-0.25, -0.2) is 9.97 Å². The van der Waals surface area contributed by atoms with Crippen molar-refractivity contribution in [2.45, 2.75) is 12.7 Å². The molecule has 0 aliphatic heterocycles. The molecule has 0 atom stereocenters. The molecule has 1 aromatic carbocycles. The van der Waals surface area contributed by atoms with Crippen LogP contribution in [0.2, 0.25) is 0 Å². The number of pyridine rings is 1. The minimum atomic E-state index is -4.46. The zero-order valence-electron chi connectivity index (χ0n) is 14.6. The third-order valence-corrected chi connectivity index (χ3v) is 3.77. The van der Waals surface area contributed by atoms with Crippen molar-refractivity contribution in [1.82, 2.24) is 15.0 Å². The van der Waals surface area contributed by atoms with Crippen molar-refractivity contribution in [3.8, 4) is 17.3 Å². The second kappa shape index (κ2) is 8.66. The predicted octanol–water partition coefficient (Wildman–Crippen LogP) is 3.54. The molecule has 3 aromatic rings. The van der Waals surface area contributed by atoms with Gasteiger partial charge in [-0.15, -0.1) is 0 Å². The molecule has 0 aliphatic carbocycles. The van der Waals surface area contributed by atoms with Gasteiger partial charge >= 0.3 is 6.18 Å². The average Bonchev–Trinajstić information content (AvgIpc) is 2.71. The molecule has 2 aromatic heterocycles. The van der Waals surface area contributed by atoms with E-state index in [-0.39, 0.29) is 36.9 Å². The van der Waals surface area contributed by atoms with Gasteiger partial charge in [-0.05, 0) is 23.8 Å². The fraction of sp³-hybridized carbons (Fsp3) is 0.211. The molecule has 0 aliphatic rings. The van der Waals surface area contributed by atoms with E-state index in [1.54, 1.807) is 24.4 Å². The van der Waals surface area contributed by atoms with E-state index < -0.39 is 11.7 Å². The van der Waals surface area contributed by atoms with Crippen molar-refractivity contribution in [3.05, 3.63) is 66.0 Å². The molecule has 6 nitrogen and oxygen atoms in total. The molecule has 0 saturated heterocycles. The Labute approximate surface area is 159 Å². The standard InChI is InChI=1S/C19H17F3N4O2/c20-19(21,22)14-6-2-1-5-13(14)11-24-18-16(28-10-9-27)12-25-17(26-18)15-7-3-4-8-23-15/h1-8,12,27H,9-11H2,(H,24,25,26). The Morgan fingerprint density at radius 2 is 1.82 bits per heavy atom. The summed E-state index contributed by atoms with van der Waals surface area (Å²) >= 11 is 0. The fourth-order valence-corrected chi connectivity index (χ4v) is 2.51. The Bertz CT molecular complexity index is 921. The lowest BCUT2D eigenvalue weighted by atomic mass is 10.1. The van der Waals surface area contributed by atoms with Crippen LogP contribution in [-0.2, 0) is 12.7 Å². The largest absolute Gasteiger partial charge is 0.486 e. The summed E-state index contributed by atoms with van der Waals surface area (Å²) in [5.41, 5.74) is -0.143. The van der Waals surface area contributed by atoms with E-state index in [9.17, 15) is 13.2 Å². The number of hydrogen-bond acceptors (Lipinski definition) is 6. The molecule has 0 radical (unpaired) electrons. The maximum atomic E-state index is 13.2. The molecule has 9 heteroatoms. The fourth-order valence-electron chi connectivity index (χ4n) is 2.51. The van der Waals surface area contributed by atoms with Gasteiger partial charge < -0.3 is 15.2 Å². The van der Waals surface area contributed by atoms with E-state index in [0.717, 1.165) is 6.07 Å². The maximum Gasteiger partial charge on any atom is 0.416 e. The first-order chi connectivity index (χ1) is 13.5. The summed E-state index contributed by atoms with van der Waals surface area (Å²) in [7, 11) is 0. The molecule has 146 valence electrons. The minimum absolute atomic E-state index is 0.000111. The van der Waals surface area contributed by atoms with Crippen molar-refractivity contribution >= 4 is 5.82 Å². The van der Waals surface area contributed by atoms with E-state index in [1.807, 2.05) is 0 Å². The zero-order valence-corrected chi connectivity index (χ0v) is 14.6. The lowest BCUT2D eigenvalue weighted by molar-refractivity contribution is -0.138. The van der Waals surface area contributed by atoms with Crippen molar-refractivity contribution in [2.75, 3.05) is 18.5 Å². The number of aliphatic hydroxyl groups excluding tert-OH is 1. The van der Waals surface area contributed by atoms with Crippen LogP contribution in [0.25, 0.3) is 11.5 Å². The third-order valence-electron chi connectivity index (χ3n) is 3.77. The van der Waals surface area contributed by atoms with E-state index in [0.29, 0.717) is 11.5 Å². The van der Waals surface area contributed by atoms with Crippen LogP contribution in [0.5, 0.6) is 5.75 Å². The quantitative estimate of drug-likeness (QED) is 0.642. The van der Waals surface area contributed by atoms with Gasteiger partial charge in [-0.3, -0.25) is 4.98 Å². The molecule has 0 amide bonds. The smallest absolute Gasteiger partial charge is 0.416 e. The number of benzene rings is 1. The monoisotopic (exact) mass is 390 g/mol. The Balaban J connectivity index is 1.89. The highest BCUT2D eigenvalue weighted by atomic mass is 19.4. The average molecular weight is 390 g/mol. The summed E-state index contributed by atoms with van der Waals surface area (Å²) < 4.78 is 45.0. The highest BCUT2D eigenvalue weighted by Crippen LogP contribution is 2.32.